The molecule has 284 valence electrons. The molecule has 0 bridgehead atoms. The SMILES string of the molecule is CC(=O)N[C@H](C(=O)N1CCCC1C(=O)Nc1cn2cc(-c3ccc(NC(=O)[C@@H]4CCCN4C(=O)[C@@H](NC(=O)CO)c4ccccc4)cc3)sc2n1)C(C)C. The summed E-state index contributed by atoms with van der Waals surface area (Å²) < 4.78 is 1.81. The maximum Gasteiger partial charge on any atom is 0.250 e. The third kappa shape index (κ3) is 8.44. The zero-order chi connectivity index (χ0) is 38.5. The van der Waals surface area contributed by atoms with Crippen LogP contribution in [0.4, 0.5) is 11.5 Å². The molecular weight excluding hydrogens is 713 g/mol. The van der Waals surface area contributed by atoms with Crippen molar-refractivity contribution in [1.82, 2.24) is 29.8 Å². The minimum Gasteiger partial charge on any atom is -0.387 e. The molecule has 4 aromatic rings. The lowest BCUT2D eigenvalue weighted by Gasteiger charge is -2.30. The van der Waals surface area contributed by atoms with Crippen LogP contribution in [0.1, 0.15) is 58.1 Å². The third-order valence-electron chi connectivity index (χ3n) is 9.64. The molecule has 2 aliphatic heterocycles. The number of aliphatic hydroxyl groups excluding tert-OH is 1. The number of rotatable bonds is 12. The molecule has 2 fully saturated rings. The summed E-state index contributed by atoms with van der Waals surface area (Å²) >= 11 is 1.42. The summed E-state index contributed by atoms with van der Waals surface area (Å²) in [6.07, 6.45) is 5.90. The maximum absolute atomic E-state index is 13.7. The van der Waals surface area contributed by atoms with Crippen LogP contribution in [0.5, 0.6) is 0 Å². The third-order valence-corrected chi connectivity index (χ3v) is 10.7. The minimum atomic E-state index is -1.04. The Hall–Kier alpha value is -5.61. The number of aromatic nitrogens is 2. The molecule has 1 unspecified atom stereocenters. The van der Waals surface area contributed by atoms with Gasteiger partial charge in [-0.15, -0.1) is 0 Å². The Morgan fingerprint density at radius 1 is 0.833 bits per heavy atom. The van der Waals surface area contributed by atoms with E-state index in [1.807, 2.05) is 36.6 Å². The van der Waals surface area contributed by atoms with Crippen molar-refractivity contribution in [3.63, 3.8) is 0 Å². The highest BCUT2D eigenvalue weighted by atomic mass is 32.1. The first-order valence-corrected chi connectivity index (χ1v) is 18.8. The van der Waals surface area contributed by atoms with Crippen molar-refractivity contribution in [1.29, 1.82) is 0 Å². The molecule has 5 N–H and O–H groups in total. The number of imidazole rings is 1. The van der Waals surface area contributed by atoms with E-state index in [2.05, 4.69) is 26.3 Å². The predicted molar refractivity (Wildman–Crippen MR) is 202 cm³/mol. The smallest absolute Gasteiger partial charge is 0.250 e. The van der Waals surface area contributed by atoms with Crippen LogP contribution in [0.25, 0.3) is 15.4 Å². The van der Waals surface area contributed by atoms with Gasteiger partial charge in [0.2, 0.25) is 35.4 Å². The van der Waals surface area contributed by atoms with Gasteiger partial charge in [0.15, 0.2) is 10.8 Å². The van der Waals surface area contributed by atoms with Crippen LogP contribution in [0, 0.1) is 5.92 Å². The van der Waals surface area contributed by atoms with Crippen molar-refractivity contribution >= 4 is 63.2 Å². The molecule has 2 saturated heterocycles. The van der Waals surface area contributed by atoms with Crippen LogP contribution in [0.3, 0.4) is 0 Å². The fourth-order valence-corrected chi connectivity index (χ4v) is 7.94. The number of aliphatic hydroxyl groups is 1. The molecule has 0 saturated carbocycles. The van der Waals surface area contributed by atoms with Crippen LogP contribution in [0.2, 0.25) is 0 Å². The predicted octanol–water partition coefficient (Wildman–Crippen LogP) is 2.93. The highest BCUT2D eigenvalue weighted by Crippen LogP contribution is 2.31. The van der Waals surface area contributed by atoms with Crippen molar-refractivity contribution < 1.29 is 33.9 Å². The maximum atomic E-state index is 13.7. The van der Waals surface area contributed by atoms with Crippen LogP contribution in [0.15, 0.2) is 67.0 Å². The summed E-state index contributed by atoms with van der Waals surface area (Å²) in [5.74, 6) is -2.12. The second-order valence-corrected chi connectivity index (χ2v) is 14.8. The molecule has 16 heteroatoms. The summed E-state index contributed by atoms with van der Waals surface area (Å²) in [4.78, 5) is 86.6. The topological polar surface area (TPSA) is 195 Å². The fraction of sp³-hybridized carbons (Fsp3) is 0.395. The van der Waals surface area contributed by atoms with Gasteiger partial charge in [-0.25, -0.2) is 4.98 Å². The van der Waals surface area contributed by atoms with Crippen LogP contribution in [-0.2, 0) is 28.8 Å². The van der Waals surface area contributed by atoms with Gasteiger partial charge in [0.1, 0.15) is 30.8 Å². The second-order valence-electron chi connectivity index (χ2n) is 13.8. The first-order chi connectivity index (χ1) is 25.9. The molecule has 4 heterocycles. The van der Waals surface area contributed by atoms with E-state index in [9.17, 15) is 33.9 Å². The van der Waals surface area contributed by atoms with Crippen LogP contribution in [-0.4, -0.2) is 97.6 Å². The number of carbonyl (C=O) groups excluding carboxylic acids is 6. The van der Waals surface area contributed by atoms with Gasteiger partial charge in [-0.1, -0.05) is 67.6 Å². The molecule has 15 nitrogen and oxygen atoms in total. The number of nitrogens with one attached hydrogen (secondary N) is 4. The number of thiazole rings is 1. The Kier molecular flexibility index (Phi) is 11.7. The lowest BCUT2D eigenvalue weighted by Crippen LogP contribution is -2.54. The molecular formula is C38H44N8O7S. The van der Waals surface area contributed by atoms with Gasteiger partial charge < -0.3 is 36.2 Å². The molecule has 54 heavy (non-hydrogen) atoms. The average molecular weight is 757 g/mol. The molecule has 2 aromatic carbocycles. The fourth-order valence-electron chi connectivity index (χ4n) is 6.97. The van der Waals surface area contributed by atoms with Crippen molar-refractivity contribution in [3.05, 3.63) is 72.6 Å². The number of hydrogen-bond acceptors (Lipinski definition) is 9. The normalized spacial score (nSPS) is 18.0. The Labute approximate surface area is 316 Å². The number of fused-ring (bicyclic) bond motifs is 1. The highest BCUT2D eigenvalue weighted by molar-refractivity contribution is 7.20. The number of likely N-dealkylation sites (tertiary alicyclic amines) is 2. The van der Waals surface area contributed by atoms with Crippen LogP contribution >= 0.6 is 11.3 Å². The lowest BCUT2D eigenvalue weighted by molar-refractivity contribution is -0.141. The molecule has 0 spiro atoms. The number of benzene rings is 2. The van der Waals surface area contributed by atoms with Gasteiger partial charge >= 0.3 is 0 Å². The van der Waals surface area contributed by atoms with Crippen LogP contribution < -0.4 is 21.3 Å². The number of carbonyl (C=O) groups is 6. The largest absolute Gasteiger partial charge is 0.387 e. The van der Waals surface area contributed by atoms with E-state index in [1.54, 1.807) is 53.6 Å². The number of nitrogens with zero attached hydrogens (tertiary/aromatic N) is 4. The summed E-state index contributed by atoms with van der Waals surface area (Å²) in [6, 6.07) is 12.9. The van der Waals surface area contributed by atoms with Gasteiger partial charge in [0, 0.05) is 31.9 Å². The average Bonchev–Trinajstić information content (AvgIpc) is 3.97. The first kappa shape index (κ1) is 38.1. The molecule has 0 radical (unpaired) electrons. The zero-order valence-corrected chi connectivity index (χ0v) is 31.1. The van der Waals surface area contributed by atoms with E-state index >= 15 is 0 Å². The Morgan fingerprint density at radius 3 is 2.06 bits per heavy atom. The van der Waals surface area contributed by atoms with E-state index in [4.69, 9.17) is 0 Å². The van der Waals surface area contributed by atoms with Crippen molar-refractivity contribution in [2.45, 2.75) is 70.6 Å². The lowest BCUT2D eigenvalue weighted by atomic mass is 10.0. The van der Waals surface area contributed by atoms with Gasteiger partial charge in [0.25, 0.3) is 0 Å². The van der Waals surface area contributed by atoms with Gasteiger partial charge in [-0.2, -0.15) is 0 Å². The molecule has 6 amide bonds. The van der Waals surface area contributed by atoms with E-state index in [0.29, 0.717) is 60.8 Å². The quantitative estimate of drug-likeness (QED) is 0.146. The van der Waals surface area contributed by atoms with Crippen molar-refractivity contribution in [2.24, 2.45) is 5.92 Å². The summed E-state index contributed by atoms with van der Waals surface area (Å²) in [6.45, 7) is 5.11. The molecule has 0 aliphatic carbocycles. The first-order valence-electron chi connectivity index (χ1n) is 18.0. The number of hydrogen-bond donors (Lipinski definition) is 5. The summed E-state index contributed by atoms with van der Waals surface area (Å²) in [5.41, 5.74) is 1.99. The van der Waals surface area contributed by atoms with Gasteiger partial charge in [0.05, 0.1) is 11.1 Å². The Balaban J connectivity index is 1.07. The highest BCUT2D eigenvalue weighted by Gasteiger charge is 2.40. The van der Waals surface area contributed by atoms with E-state index < -0.39 is 42.6 Å². The van der Waals surface area contributed by atoms with E-state index in [0.717, 1.165) is 10.4 Å². The van der Waals surface area contributed by atoms with Gasteiger partial charge in [-0.3, -0.25) is 33.2 Å². The monoisotopic (exact) mass is 756 g/mol. The number of anilines is 2. The molecule has 6 rings (SSSR count). The standard InChI is InChI=1S/C38H44N8O7S/c1-22(2)32(39-23(3)48)36(52)45-17-8-12-28(45)35(51)41-30-20-44-19-29(54-38(44)42-30)24-13-15-26(16-14-24)40-34(50)27-11-7-18-46(27)37(53)33(43-31(49)21-47)25-9-5-4-6-10-25/h4-6,9-10,13-16,19-20,22,27-28,32-33,47H,7-8,11-12,17-18,21H2,1-3H3,(H,39,48)(H,40,50)(H,41,51)(H,43,49)/t27-,28?,32-,33-/m0/s1. The molecule has 4 atom stereocenters. The number of amides is 6. The van der Waals surface area contributed by atoms with Gasteiger partial charge in [-0.05, 0) is 54.9 Å². The van der Waals surface area contributed by atoms with Crippen molar-refractivity contribution in [3.8, 4) is 10.4 Å². The second kappa shape index (κ2) is 16.6. The molecule has 2 aromatic heterocycles. The Bertz CT molecular complexity index is 2000. The van der Waals surface area contributed by atoms with E-state index in [-0.39, 0.29) is 29.5 Å². The summed E-state index contributed by atoms with van der Waals surface area (Å²) in [5, 5.41) is 20.4. The summed E-state index contributed by atoms with van der Waals surface area (Å²) in [7, 11) is 0. The van der Waals surface area contributed by atoms with Crippen molar-refractivity contribution in [2.75, 3.05) is 30.3 Å². The molecule has 2 aliphatic rings. The zero-order valence-electron chi connectivity index (χ0n) is 30.3. The Morgan fingerprint density at radius 2 is 1.46 bits per heavy atom. The van der Waals surface area contributed by atoms with E-state index in [1.165, 1.54) is 23.2 Å². The minimum absolute atomic E-state index is 0.134.